The summed E-state index contributed by atoms with van der Waals surface area (Å²) >= 11 is 0. The zero-order valence-electron chi connectivity index (χ0n) is 24.1. The van der Waals surface area contributed by atoms with Crippen LogP contribution < -0.4 is 5.32 Å². The second kappa shape index (κ2) is 16.3. The maximum absolute atomic E-state index is 13.3. The lowest BCUT2D eigenvalue weighted by atomic mass is 9.93. The van der Waals surface area contributed by atoms with Crippen LogP contribution in [-0.4, -0.2) is 82.7 Å². The molecule has 0 saturated carbocycles. The van der Waals surface area contributed by atoms with Gasteiger partial charge in [-0.25, -0.2) is 4.79 Å². The largest absolute Gasteiger partial charge is 0.441 e. The number of carbonyl (C=O) groups is 3. The molecule has 11 heteroatoms. The van der Waals surface area contributed by atoms with Gasteiger partial charge in [-0.3, -0.25) is 19.8 Å². The number of hydrogen-bond acceptors (Lipinski definition) is 9. The third-order valence-electron chi connectivity index (χ3n) is 6.80. The first-order valence-electron chi connectivity index (χ1n) is 14.1. The molecule has 0 aliphatic carbocycles. The lowest BCUT2D eigenvalue weighted by Gasteiger charge is -2.27. The first kappa shape index (κ1) is 31.6. The van der Waals surface area contributed by atoms with Crippen LogP contribution in [0.5, 0.6) is 0 Å². The second-order valence-electron chi connectivity index (χ2n) is 9.61. The third kappa shape index (κ3) is 8.37. The number of nitrogens with one attached hydrogen (secondary N) is 1. The van der Waals surface area contributed by atoms with Crippen molar-refractivity contribution < 1.29 is 38.1 Å². The van der Waals surface area contributed by atoms with Crippen LogP contribution >= 0.6 is 0 Å². The standard InChI is InChI=1S/C32H35N3O8/c1-39-17-18-41-21-22-42-20-19-40-16-15-35-30(36)25-10-5-9-24-27(13-12-26(29(24)25)31(35)37)34-32(38)43-28(11-6-14-33)23-7-3-2-4-8-23/h2-5,7-10,12-13,28H,6,11,15-22H2,1H3,(H,34,38). The molecule has 1 aliphatic heterocycles. The highest BCUT2D eigenvalue weighted by Crippen LogP contribution is 2.35. The summed E-state index contributed by atoms with van der Waals surface area (Å²) in [6, 6.07) is 19.6. The van der Waals surface area contributed by atoms with Gasteiger partial charge in [0.2, 0.25) is 0 Å². The predicted molar refractivity (Wildman–Crippen MR) is 158 cm³/mol. The molecule has 3 aromatic carbocycles. The van der Waals surface area contributed by atoms with E-state index in [2.05, 4.69) is 11.4 Å². The van der Waals surface area contributed by atoms with Crippen LogP contribution in [0.1, 0.15) is 45.2 Å². The van der Waals surface area contributed by atoms with Crippen molar-refractivity contribution in [1.82, 2.24) is 4.90 Å². The molecule has 0 aromatic heterocycles. The zero-order valence-corrected chi connectivity index (χ0v) is 24.1. The Morgan fingerprint density at radius 3 is 2.16 bits per heavy atom. The van der Waals surface area contributed by atoms with Crippen LogP contribution in [-0.2, 0) is 23.7 Å². The zero-order chi connectivity index (χ0) is 30.4. The first-order valence-corrected chi connectivity index (χ1v) is 14.1. The van der Waals surface area contributed by atoms with Crippen LogP contribution in [0.3, 0.4) is 0 Å². The Hall–Kier alpha value is -4.34. The van der Waals surface area contributed by atoms with Gasteiger partial charge >= 0.3 is 6.09 Å². The molecular weight excluding hydrogens is 554 g/mol. The van der Waals surface area contributed by atoms with Crippen molar-refractivity contribution in [3.8, 4) is 6.07 Å². The summed E-state index contributed by atoms with van der Waals surface area (Å²) in [7, 11) is 1.61. The Labute approximate surface area is 250 Å². The number of nitriles is 1. The van der Waals surface area contributed by atoms with Gasteiger partial charge in [0.15, 0.2) is 0 Å². The van der Waals surface area contributed by atoms with Gasteiger partial charge in [0.1, 0.15) is 6.10 Å². The summed E-state index contributed by atoms with van der Waals surface area (Å²) < 4.78 is 26.9. The van der Waals surface area contributed by atoms with E-state index in [1.54, 1.807) is 37.4 Å². The number of carbonyl (C=O) groups excluding carboxylic acids is 3. The molecule has 1 heterocycles. The number of ether oxygens (including phenoxy) is 5. The number of amides is 3. The summed E-state index contributed by atoms with van der Waals surface area (Å²) in [6.07, 6.45) is -0.746. The minimum absolute atomic E-state index is 0.0868. The Balaban J connectivity index is 1.36. The number of methoxy groups -OCH3 is 1. The maximum Gasteiger partial charge on any atom is 0.412 e. The highest BCUT2D eigenvalue weighted by Gasteiger charge is 2.33. The average Bonchev–Trinajstić information content (AvgIpc) is 3.03. The molecule has 0 bridgehead atoms. The van der Waals surface area contributed by atoms with Gasteiger partial charge in [-0.1, -0.05) is 42.5 Å². The van der Waals surface area contributed by atoms with Gasteiger partial charge in [0.05, 0.1) is 64.5 Å². The summed E-state index contributed by atoms with van der Waals surface area (Å²) in [5.74, 6) is -0.868. The van der Waals surface area contributed by atoms with Crippen molar-refractivity contribution in [3.63, 3.8) is 0 Å². The Bertz CT molecular complexity index is 1420. The number of benzene rings is 3. The molecule has 11 nitrogen and oxygen atoms in total. The van der Waals surface area contributed by atoms with E-state index >= 15 is 0 Å². The minimum Gasteiger partial charge on any atom is -0.441 e. The number of imide groups is 1. The van der Waals surface area contributed by atoms with Gasteiger partial charge in [-0.15, -0.1) is 0 Å². The van der Waals surface area contributed by atoms with Crippen molar-refractivity contribution >= 4 is 34.4 Å². The number of anilines is 1. The molecule has 3 aromatic rings. The van der Waals surface area contributed by atoms with E-state index in [-0.39, 0.29) is 19.6 Å². The van der Waals surface area contributed by atoms with Gasteiger partial charge < -0.3 is 23.7 Å². The van der Waals surface area contributed by atoms with Crippen LogP contribution in [0.2, 0.25) is 0 Å². The molecule has 0 radical (unpaired) electrons. The molecule has 0 saturated heterocycles. The number of nitrogens with zero attached hydrogens (tertiary/aromatic N) is 2. The van der Waals surface area contributed by atoms with Crippen LogP contribution in [0.25, 0.3) is 10.8 Å². The number of hydrogen-bond donors (Lipinski definition) is 1. The Kier molecular flexibility index (Phi) is 12.0. The molecule has 1 atom stereocenters. The summed E-state index contributed by atoms with van der Waals surface area (Å²) in [4.78, 5) is 40.8. The van der Waals surface area contributed by atoms with Crippen molar-refractivity contribution in [1.29, 1.82) is 5.26 Å². The lowest BCUT2D eigenvalue weighted by Crippen LogP contribution is -2.42. The van der Waals surface area contributed by atoms with E-state index < -0.39 is 24.0 Å². The van der Waals surface area contributed by atoms with Crippen molar-refractivity contribution in [2.45, 2.75) is 18.9 Å². The molecule has 3 amide bonds. The Morgan fingerprint density at radius 2 is 1.49 bits per heavy atom. The predicted octanol–water partition coefficient (Wildman–Crippen LogP) is 4.73. The van der Waals surface area contributed by atoms with Crippen LogP contribution in [0.15, 0.2) is 60.7 Å². The quantitative estimate of drug-likeness (QED) is 0.175. The minimum atomic E-state index is -0.706. The first-order chi connectivity index (χ1) is 21.0. The summed E-state index contributed by atoms with van der Waals surface area (Å²) in [6.45, 7) is 2.85. The average molecular weight is 590 g/mol. The molecule has 0 fully saturated rings. The second-order valence-corrected chi connectivity index (χ2v) is 9.61. The molecule has 43 heavy (non-hydrogen) atoms. The highest BCUT2D eigenvalue weighted by atomic mass is 16.6. The van der Waals surface area contributed by atoms with E-state index in [1.807, 2.05) is 30.3 Å². The summed E-state index contributed by atoms with van der Waals surface area (Å²) in [5, 5.41) is 12.8. The maximum atomic E-state index is 13.3. The fourth-order valence-corrected chi connectivity index (χ4v) is 4.72. The molecule has 0 spiro atoms. The van der Waals surface area contributed by atoms with Gasteiger partial charge in [-0.05, 0) is 23.8 Å². The van der Waals surface area contributed by atoms with Crippen molar-refractivity contribution in [2.24, 2.45) is 0 Å². The Morgan fingerprint density at radius 1 is 0.837 bits per heavy atom. The summed E-state index contributed by atoms with van der Waals surface area (Å²) in [5.41, 5.74) is 1.90. The molecular formula is C32H35N3O8. The van der Waals surface area contributed by atoms with E-state index in [1.165, 1.54) is 4.90 Å². The monoisotopic (exact) mass is 589 g/mol. The van der Waals surface area contributed by atoms with Gasteiger partial charge in [0.25, 0.3) is 11.8 Å². The highest BCUT2D eigenvalue weighted by molar-refractivity contribution is 6.27. The smallest absolute Gasteiger partial charge is 0.412 e. The SMILES string of the molecule is COCCOCCOCCOCCN1C(=O)c2cccc3c(NC(=O)OC(CCC#N)c4ccccc4)ccc(c23)C1=O. The normalized spacial score (nSPS) is 13.2. The fourth-order valence-electron chi connectivity index (χ4n) is 4.72. The van der Waals surface area contributed by atoms with E-state index in [0.717, 1.165) is 5.56 Å². The lowest BCUT2D eigenvalue weighted by molar-refractivity contribution is 0.00148. The van der Waals surface area contributed by atoms with Crippen LogP contribution in [0.4, 0.5) is 10.5 Å². The molecule has 4 rings (SSSR count). The van der Waals surface area contributed by atoms with Crippen molar-refractivity contribution in [2.75, 3.05) is 65.2 Å². The molecule has 226 valence electrons. The molecule has 1 aliphatic rings. The van der Waals surface area contributed by atoms with E-state index in [0.29, 0.717) is 73.6 Å². The third-order valence-corrected chi connectivity index (χ3v) is 6.80. The topological polar surface area (TPSA) is 136 Å². The molecule has 1 N–H and O–H groups in total. The van der Waals surface area contributed by atoms with E-state index in [9.17, 15) is 14.4 Å². The van der Waals surface area contributed by atoms with Crippen molar-refractivity contribution in [3.05, 3.63) is 77.4 Å². The van der Waals surface area contributed by atoms with Crippen LogP contribution in [0, 0.1) is 11.3 Å². The van der Waals surface area contributed by atoms with Gasteiger partial charge in [-0.2, -0.15) is 5.26 Å². The van der Waals surface area contributed by atoms with E-state index in [4.69, 9.17) is 28.9 Å². The van der Waals surface area contributed by atoms with Gasteiger partial charge in [0, 0.05) is 41.9 Å². The number of rotatable bonds is 17. The fraction of sp³-hybridized carbons (Fsp3) is 0.375. The molecule has 1 unspecified atom stereocenters.